The van der Waals surface area contributed by atoms with E-state index < -0.39 is 60.1 Å². The number of hydrogen-bond donors (Lipinski definition) is 5. The summed E-state index contributed by atoms with van der Waals surface area (Å²) in [6, 6.07) is 5.53. The van der Waals surface area contributed by atoms with Crippen LogP contribution in [0.5, 0.6) is 0 Å². The van der Waals surface area contributed by atoms with E-state index in [1.165, 1.54) is 24.3 Å². The molecule has 1 aromatic carbocycles. The number of carboxylic acids is 3. The maximum atomic E-state index is 15.5. The Labute approximate surface area is 216 Å². The zero-order chi connectivity index (χ0) is 27.6. The second-order valence-corrected chi connectivity index (χ2v) is 9.32. The molecular formula is C22H19ClFN5O9. The minimum Gasteiger partial charge on any atom is -0.481 e. The fraction of sp³-hybridized carbons (Fsp3) is 0.364. The van der Waals surface area contributed by atoms with Crippen molar-refractivity contribution in [2.24, 2.45) is 0 Å². The van der Waals surface area contributed by atoms with Gasteiger partial charge in [0.1, 0.15) is 17.7 Å². The van der Waals surface area contributed by atoms with Crippen LogP contribution in [0.2, 0.25) is 5.28 Å². The van der Waals surface area contributed by atoms with Crippen LogP contribution in [0.15, 0.2) is 30.6 Å². The van der Waals surface area contributed by atoms with Crippen LogP contribution < -0.4 is 5.73 Å². The van der Waals surface area contributed by atoms with Gasteiger partial charge in [0.2, 0.25) is 5.28 Å². The number of imidazole rings is 1. The van der Waals surface area contributed by atoms with Gasteiger partial charge in [-0.05, 0) is 22.7 Å². The molecule has 3 aromatic rings. The average molecular weight is 552 g/mol. The number of benzene rings is 1. The molecule has 0 bridgehead atoms. The lowest BCUT2D eigenvalue weighted by atomic mass is 9.93. The number of rotatable bonds is 9. The summed E-state index contributed by atoms with van der Waals surface area (Å²) in [6.07, 6.45) is -6.57. The molecule has 1 unspecified atom stereocenters. The molecule has 5 atom stereocenters. The summed E-state index contributed by atoms with van der Waals surface area (Å²) in [7, 11) is 0. The first-order valence-corrected chi connectivity index (χ1v) is 11.4. The van der Waals surface area contributed by atoms with Crippen molar-refractivity contribution in [2.45, 2.75) is 48.7 Å². The van der Waals surface area contributed by atoms with Crippen LogP contribution in [0.4, 0.5) is 10.2 Å². The van der Waals surface area contributed by atoms with Crippen LogP contribution in [-0.4, -0.2) is 87.4 Å². The standard InChI is InChI=1S/C22H19ClFN5O9/c23-20-27-15(25)11-16(28-20)29(7-26-11)17-12(24)22(36)13(37-17)14(22)38-21(18(32)33,19(34)35)6-9-3-1-8(2-4-9)5-10(30)31/h1-4,7,12-14,17,36H,5-6H2,(H,30,31)(H,32,33)(H,34,35)(H2,25,27,28)/t12-,13-,14?,17-,22+/m1/s1. The number of nitrogen functional groups attached to an aromatic ring is 1. The Hall–Kier alpha value is -3.92. The lowest BCUT2D eigenvalue weighted by Crippen LogP contribution is -2.53. The Morgan fingerprint density at radius 3 is 2.34 bits per heavy atom. The Bertz CT molecular complexity index is 1450. The number of halogens is 2. The van der Waals surface area contributed by atoms with Gasteiger partial charge in [0.15, 0.2) is 29.5 Å². The molecule has 14 nitrogen and oxygen atoms in total. The quantitative estimate of drug-likeness (QED) is 0.177. The number of ether oxygens (including phenoxy) is 2. The van der Waals surface area contributed by atoms with Crippen LogP contribution in [0.25, 0.3) is 11.2 Å². The summed E-state index contributed by atoms with van der Waals surface area (Å²) >= 11 is 5.83. The first kappa shape index (κ1) is 25.7. The molecule has 0 spiro atoms. The summed E-state index contributed by atoms with van der Waals surface area (Å²) in [4.78, 5) is 46.9. The van der Waals surface area contributed by atoms with E-state index in [9.17, 15) is 29.7 Å². The van der Waals surface area contributed by atoms with E-state index in [2.05, 4.69) is 15.0 Å². The van der Waals surface area contributed by atoms with E-state index in [4.69, 9.17) is 31.9 Å². The number of nitrogens with zero attached hydrogens (tertiary/aromatic N) is 4. The number of aliphatic hydroxyl groups is 1. The van der Waals surface area contributed by atoms with Crippen LogP contribution in [0.3, 0.4) is 0 Å². The van der Waals surface area contributed by atoms with Gasteiger partial charge in [-0.3, -0.25) is 9.36 Å². The highest BCUT2D eigenvalue weighted by molar-refractivity contribution is 6.28. The van der Waals surface area contributed by atoms with E-state index >= 15 is 4.39 Å². The molecule has 2 fully saturated rings. The van der Waals surface area contributed by atoms with Crippen molar-refractivity contribution >= 4 is 46.5 Å². The van der Waals surface area contributed by atoms with E-state index in [-0.39, 0.29) is 34.2 Å². The van der Waals surface area contributed by atoms with Crippen LogP contribution >= 0.6 is 11.6 Å². The fourth-order valence-electron chi connectivity index (χ4n) is 4.57. The number of carboxylic acid groups (broad SMARTS) is 3. The summed E-state index contributed by atoms with van der Waals surface area (Å²) in [5.41, 5.74) is 1.20. The molecule has 2 aromatic heterocycles. The maximum Gasteiger partial charge on any atom is 0.348 e. The molecule has 1 aliphatic carbocycles. The molecule has 16 heteroatoms. The first-order chi connectivity index (χ1) is 17.9. The number of aromatic nitrogens is 4. The zero-order valence-corrected chi connectivity index (χ0v) is 19.8. The van der Waals surface area contributed by atoms with Gasteiger partial charge in [0, 0.05) is 6.42 Å². The minimum absolute atomic E-state index is 0.0225. The number of alkyl halides is 1. The van der Waals surface area contributed by atoms with Crippen molar-refractivity contribution in [2.75, 3.05) is 5.73 Å². The zero-order valence-electron chi connectivity index (χ0n) is 19.1. The van der Waals surface area contributed by atoms with Crippen molar-refractivity contribution in [1.82, 2.24) is 19.5 Å². The Morgan fingerprint density at radius 1 is 1.16 bits per heavy atom. The van der Waals surface area contributed by atoms with Crippen molar-refractivity contribution in [1.29, 1.82) is 0 Å². The predicted molar refractivity (Wildman–Crippen MR) is 123 cm³/mol. The number of fused-ring (bicyclic) bond motifs is 2. The summed E-state index contributed by atoms with van der Waals surface area (Å²) < 4.78 is 27.7. The molecule has 1 aliphatic heterocycles. The van der Waals surface area contributed by atoms with Gasteiger partial charge in [-0.15, -0.1) is 0 Å². The van der Waals surface area contributed by atoms with Crippen LogP contribution in [-0.2, 0) is 36.7 Å². The molecule has 3 heterocycles. The molecule has 5 rings (SSSR count). The third-order valence-electron chi connectivity index (χ3n) is 6.60. The van der Waals surface area contributed by atoms with Crippen molar-refractivity contribution in [3.63, 3.8) is 0 Å². The molecule has 6 N–H and O–H groups in total. The summed E-state index contributed by atoms with van der Waals surface area (Å²) in [6.45, 7) is 0. The van der Waals surface area contributed by atoms with E-state index in [0.717, 1.165) is 10.9 Å². The maximum absolute atomic E-state index is 15.5. The number of anilines is 1. The Balaban J connectivity index is 1.38. The second kappa shape index (κ2) is 8.83. The van der Waals surface area contributed by atoms with E-state index in [1.54, 1.807) is 0 Å². The highest BCUT2D eigenvalue weighted by atomic mass is 35.5. The Kier molecular flexibility index (Phi) is 5.98. The molecule has 200 valence electrons. The van der Waals surface area contributed by atoms with Crippen LogP contribution in [0.1, 0.15) is 17.4 Å². The largest absolute Gasteiger partial charge is 0.481 e. The van der Waals surface area contributed by atoms with E-state index in [0.29, 0.717) is 5.56 Å². The van der Waals surface area contributed by atoms with Gasteiger partial charge in [-0.25, -0.2) is 19.0 Å². The van der Waals surface area contributed by atoms with Crippen molar-refractivity contribution in [3.05, 3.63) is 47.0 Å². The molecule has 0 radical (unpaired) electrons. The summed E-state index contributed by atoms with van der Waals surface area (Å²) in [5, 5.41) is 39.3. The second-order valence-electron chi connectivity index (χ2n) is 8.98. The van der Waals surface area contributed by atoms with Gasteiger partial charge in [-0.2, -0.15) is 9.97 Å². The average Bonchev–Trinajstić information content (AvgIpc) is 3.09. The number of nitrogens with two attached hydrogens (primary N) is 1. The number of aliphatic carboxylic acids is 3. The monoisotopic (exact) mass is 551 g/mol. The van der Waals surface area contributed by atoms with Crippen molar-refractivity contribution in [3.8, 4) is 0 Å². The lowest BCUT2D eigenvalue weighted by molar-refractivity contribution is -0.194. The van der Waals surface area contributed by atoms with Gasteiger partial charge in [0.25, 0.3) is 5.60 Å². The smallest absolute Gasteiger partial charge is 0.348 e. The molecule has 1 saturated carbocycles. The highest BCUT2D eigenvalue weighted by Gasteiger charge is 2.80. The summed E-state index contributed by atoms with van der Waals surface area (Å²) in [5.74, 6) is -4.92. The number of carbonyl (C=O) groups is 3. The molecular weight excluding hydrogens is 533 g/mol. The van der Waals surface area contributed by atoms with Gasteiger partial charge >= 0.3 is 17.9 Å². The van der Waals surface area contributed by atoms with E-state index in [1.807, 2.05) is 0 Å². The number of hydrogen-bond acceptors (Lipinski definition) is 10. The van der Waals surface area contributed by atoms with Crippen molar-refractivity contribution < 1.29 is 48.7 Å². The third kappa shape index (κ3) is 3.91. The minimum atomic E-state index is -2.91. The molecule has 2 aliphatic rings. The molecule has 38 heavy (non-hydrogen) atoms. The molecule has 1 saturated heterocycles. The third-order valence-corrected chi connectivity index (χ3v) is 6.77. The van der Waals surface area contributed by atoms with Crippen LogP contribution in [0, 0.1) is 0 Å². The highest BCUT2D eigenvalue weighted by Crippen LogP contribution is 2.58. The van der Waals surface area contributed by atoms with Gasteiger partial charge in [-0.1, -0.05) is 24.3 Å². The predicted octanol–water partition coefficient (Wildman–Crippen LogP) is 0.205. The normalized spacial score (nSPS) is 26.3. The Morgan fingerprint density at radius 2 is 1.79 bits per heavy atom. The van der Waals surface area contributed by atoms with Gasteiger partial charge in [0.05, 0.1) is 12.7 Å². The topological polar surface area (TPSA) is 220 Å². The van der Waals surface area contributed by atoms with Gasteiger partial charge < -0.3 is 35.6 Å². The molecule has 0 amide bonds. The lowest BCUT2D eigenvalue weighted by Gasteiger charge is -2.28. The SMILES string of the molecule is Nc1nc(Cl)nc2c1ncn2[C@@H]1O[C@@H]2C(OC(Cc3ccc(CC(=O)O)cc3)(C(=O)O)C(=O)O)[C@]2(O)[C@@H]1F. The first-order valence-electron chi connectivity index (χ1n) is 11.0. The fourth-order valence-corrected chi connectivity index (χ4v) is 4.74.